The molecule has 0 aromatic heterocycles. The second-order valence-corrected chi connectivity index (χ2v) is 3.96. The molecular formula is C9H18N2O. The SMILES string of the molecule is OC1CN(CCN2CCCC2)C1. The van der Waals surface area contributed by atoms with Crippen LogP contribution in [0.2, 0.25) is 0 Å². The van der Waals surface area contributed by atoms with Crippen molar-refractivity contribution in [3.8, 4) is 0 Å². The van der Waals surface area contributed by atoms with Crippen molar-refractivity contribution in [3.05, 3.63) is 0 Å². The second-order valence-electron chi connectivity index (χ2n) is 3.96. The van der Waals surface area contributed by atoms with Gasteiger partial charge in [-0.1, -0.05) is 0 Å². The fourth-order valence-electron chi connectivity index (χ4n) is 2.01. The van der Waals surface area contributed by atoms with Gasteiger partial charge in [0.05, 0.1) is 6.10 Å². The summed E-state index contributed by atoms with van der Waals surface area (Å²) in [7, 11) is 0. The summed E-state index contributed by atoms with van der Waals surface area (Å²) in [5.74, 6) is 0. The molecule has 12 heavy (non-hydrogen) atoms. The number of nitrogens with zero attached hydrogens (tertiary/aromatic N) is 2. The van der Waals surface area contributed by atoms with Crippen LogP contribution < -0.4 is 0 Å². The normalized spacial score (nSPS) is 27.8. The topological polar surface area (TPSA) is 26.7 Å². The first-order chi connectivity index (χ1) is 5.84. The van der Waals surface area contributed by atoms with E-state index in [1.807, 2.05) is 0 Å². The highest BCUT2D eigenvalue weighted by molar-refractivity contribution is 4.79. The van der Waals surface area contributed by atoms with Crippen molar-refractivity contribution in [2.75, 3.05) is 39.3 Å². The third-order valence-electron chi connectivity index (χ3n) is 2.87. The molecule has 2 fully saturated rings. The van der Waals surface area contributed by atoms with Crippen molar-refractivity contribution >= 4 is 0 Å². The molecule has 0 aromatic carbocycles. The minimum absolute atomic E-state index is 0.0384. The average Bonchev–Trinajstić information content (AvgIpc) is 2.47. The first kappa shape index (κ1) is 8.48. The van der Waals surface area contributed by atoms with Crippen molar-refractivity contribution in [1.29, 1.82) is 0 Å². The molecule has 70 valence electrons. The van der Waals surface area contributed by atoms with E-state index in [4.69, 9.17) is 5.11 Å². The predicted octanol–water partition coefficient (Wildman–Crippen LogP) is -0.241. The van der Waals surface area contributed by atoms with Gasteiger partial charge in [-0.2, -0.15) is 0 Å². The van der Waals surface area contributed by atoms with Crippen LogP contribution in [-0.4, -0.2) is 60.3 Å². The van der Waals surface area contributed by atoms with E-state index in [-0.39, 0.29) is 6.10 Å². The highest BCUT2D eigenvalue weighted by Gasteiger charge is 2.24. The van der Waals surface area contributed by atoms with Crippen molar-refractivity contribution in [2.24, 2.45) is 0 Å². The zero-order valence-corrected chi connectivity index (χ0v) is 7.58. The molecule has 0 saturated carbocycles. The molecule has 0 atom stereocenters. The largest absolute Gasteiger partial charge is 0.390 e. The number of hydrogen-bond donors (Lipinski definition) is 1. The summed E-state index contributed by atoms with van der Waals surface area (Å²) in [6, 6.07) is 0. The Hall–Kier alpha value is -0.120. The third-order valence-corrected chi connectivity index (χ3v) is 2.87. The van der Waals surface area contributed by atoms with Gasteiger partial charge in [-0.15, -0.1) is 0 Å². The van der Waals surface area contributed by atoms with E-state index in [1.54, 1.807) is 0 Å². The van der Waals surface area contributed by atoms with Crippen LogP contribution in [0, 0.1) is 0 Å². The molecule has 3 heteroatoms. The molecule has 2 aliphatic heterocycles. The van der Waals surface area contributed by atoms with Crippen LogP contribution in [-0.2, 0) is 0 Å². The molecule has 0 amide bonds. The molecule has 0 unspecified atom stereocenters. The molecule has 0 spiro atoms. The maximum Gasteiger partial charge on any atom is 0.0793 e. The van der Waals surface area contributed by atoms with Crippen molar-refractivity contribution in [2.45, 2.75) is 18.9 Å². The molecule has 2 aliphatic rings. The summed E-state index contributed by atoms with van der Waals surface area (Å²) >= 11 is 0. The lowest BCUT2D eigenvalue weighted by atomic mass is 10.2. The Balaban J connectivity index is 1.56. The zero-order valence-electron chi connectivity index (χ0n) is 7.58. The Morgan fingerprint density at radius 1 is 1.00 bits per heavy atom. The smallest absolute Gasteiger partial charge is 0.0793 e. The average molecular weight is 170 g/mol. The fourth-order valence-corrected chi connectivity index (χ4v) is 2.01. The number of rotatable bonds is 3. The molecule has 3 nitrogen and oxygen atoms in total. The Bertz CT molecular complexity index is 139. The van der Waals surface area contributed by atoms with Crippen molar-refractivity contribution < 1.29 is 5.11 Å². The van der Waals surface area contributed by atoms with Gasteiger partial charge in [0.2, 0.25) is 0 Å². The van der Waals surface area contributed by atoms with Gasteiger partial charge in [-0.25, -0.2) is 0 Å². The lowest BCUT2D eigenvalue weighted by molar-refractivity contribution is -0.00142. The summed E-state index contributed by atoms with van der Waals surface area (Å²) in [5, 5.41) is 9.06. The Morgan fingerprint density at radius 3 is 2.17 bits per heavy atom. The van der Waals surface area contributed by atoms with E-state index < -0.39 is 0 Å². The zero-order chi connectivity index (χ0) is 8.39. The van der Waals surface area contributed by atoms with Crippen LogP contribution in [0.3, 0.4) is 0 Å². The van der Waals surface area contributed by atoms with Crippen LogP contribution in [0.4, 0.5) is 0 Å². The maximum absolute atomic E-state index is 9.06. The van der Waals surface area contributed by atoms with Gasteiger partial charge in [0.15, 0.2) is 0 Å². The van der Waals surface area contributed by atoms with Crippen LogP contribution in [0.15, 0.2) is 0 Å². The van der Waals surface area contributed by atoms with Crippen LogP contribution in [0.5, 0.6) is 0 Å². The highest BCUT2D eigenvalue weighted by Crippen LogP contribution is 2.10. The fraction of sp³-hybridized carbons (Fsp3) is 1.00. The maximum atomic E-state index is 9.06. The lowest BCUT2D eigenvalue weighted by Crippen LogP contribution is -2.52. The molecule has 0 aromatic rings. The van der Waals surface area contributed by atoms with Crippen molar-refractivity contribution in [3.63, 3.8) is 0 Å². The minimum atomic E-state index is -0.0384. The monoisotopic (exact) mass is 170 g/mol. The van der Waals surface area contributed by atoms with Gasteiger partial charge in [0.25, 0.3) is 0 Å². The summed E-state index contributed by atoms with van der Waals surface area (Å²) in [6.07, 6.45) is 2.72. The van der Waals surface area contributed by atoms with Crippen molar-refractivity contribution in [1.82, 2.24) is 9.80 Å². The molecule has 0 radical (unpaired) electrons. The third kappa shape index (κ3) is 1.97. The molecule has 2 heterocycles. The van der Waals surface area contributed by atoms with Crippen LogP contribution in [0.1, 0.15) is 12.8 Å². The molecule has 2 saturated heterocycles. The molecule has 1 N–H and O–H groups in total. The molecule has 2 rings (SSSR count). The quantitative estimate of drug-likeness (QED) is 0.633. The number of aliphatic hydroxyl groups is 1. The van der Waals surface area contributed by atoms with Gasteiger partial charge < -0.3 is 10.0 Å². The van der Waals surface area contributed by atoms with Gasteiger partial charge >= 0.3 is 0 Å². The Kier molecular flexibility index (Phi) is 2.63. The minimum Gasteiger partial charge on any atom is -0.390 e. The van der Waals surface area contributed by atoms with Crippen LogP contribution in [0.25, 0.3) is 0 Å². The van der Waals surface area contributed by atoms with Crippen LogP contribution >= 0.6 is 0 Å². The van der Waals surface area contributed by atoms with Gasteiger partial charge in [-0.3, -0.25) is 4.90 Å². The van der Waals surface area contributed by atoms with Gasteiger partial charge in [0, 0.05) is 26.2 Å². The standard InChI is InChI=1S/C9H18N2O/c12-9-7-11(8-9)6-5-10-3-1-2-4-10/h9,12H,1-8H2. The Labute approximate surface area is 74.0 Å². The lowest BCUT2D eigenvalue weighted by Gasteiger charge is -2.36. The summed E-state index contributed by atoms with van der Waals surface area (Å²) < 4.78 is 0. The van der Waals surface area contributed by atoms with Gasteiger partial charge in [0.1, 0.15) is 0 Å². The first-order valence-corrected chi connectivity index (χ1v) is 4.97. The molecular weight excluding hydrogens is 152 g/mol. The Morgan fingerprint density at radius 2 is 1.58 bits per heavy atom. The predicted molar refractivity (Wildman–Crippen MR) is 48.1 cm³/mol. The number of hydrogen-bond acceptors (Lipinski definition) is 3. The summed E-state index contributed by atoms with van der Waals surface area (Å²) in [4.78, 5) is 4.84. The summed E-state index contributed by atoms with van der Waals surface area (Å²) in [5.41, 5.74) is 0. The van der Waals surface area contributed by atoms with E-state index in [0.717, 1.165) is 19.6 Å². The molecule has 0 bridgehead atoms. The number of likely N-dealkylation sites (tertiary alicyclic amines) is 2. The second kappa shape index (κ2) is 3.73. The van der Waals surface area contributed by atoms with Gasteiger partial charge in [-0.05, 0) is 25.9 Å². The number of aliphatic hydroxyl groups excluding tert-OH is 1. The van der Waals surface area contributed by atoms with E-state index in [2.05, 4.69) is 9.80 Å². The van der Waals surface area contributed by atoms with E-state index >= 15 is 0 Å². The van der Waals surface area contributed by atoms with E-state index in [1.165, 1.54) is 32.5 Å². The van der Waals surface area contributed by atoms with E-state index in [9.17, 15) is 0 Å². The number of β-amino-alcohol motifs (C(OH)–C–C–N with tert-alkyl or cyclic N) is 1. The summed E-state index contributed by atoms with van der Waals surface area (Å²) in [6.45, 7) is 6.72. The molecule has 0 aliphatic carbocycles. The highest BCUT2D eigenvalue weighted by atomic mass is 16.3. The first-order valence-electron chi connectivity index (χ1n) is 4.97. The van der Waals surface area contributed by atoms with E-state index in [0.29, 0.717) is 0 Å².